The number of nitrogens with zero attached hydrogens (tertiary/aromatic N) is 4. The van der Waals surface area contributed by atoms with Gasteiger partial charge in [0.15, 0.2) is 5.84 Å². The molecule has 0 unspecified atom stereocenters. The first kappa shape index (κ1) is 16.7. The van der Waals surface area contributed by atoms with Crippen molar-refractivity contribution in [1.82, 2.24) is 5.48 Å². The SMILES string of the molecule is O=[N+]([O-])c1ccc2c(c1)C(c1ccccc1Cl)=NCC(N=CNO)=N2. The van der Waals surface area contributed by atoms with Crippen molar-refractivity contribution in [3.8, 4) is 0 Å². The monoisotopic (exact) mass is 357 g/mol. The van der Waals surface area contributed by atoms with Crippen molar-refractivity contribution in [3.63, 3.8) is 0 Å². The van der Waals surface area contributed by atoms with Gasteiger partial charge in [0.05, 0.1) is 22.9 Å². The molecule has 0 aliphatic carbocycles. The second-order valence-electron chi connectivity index (χ2n) is 5.02. The van der Waals surface area contributed by atoms with E-state index in [1.165, 1.54) is 18.2 Å². The number of fused-ring (bicyclic) bond motifs is 1. The molecule has 1 aliphatic rings. The lowest BCUT2D eigenvalue weighted by molar-refractivity contribution is -0.384. The first-order valence-electron chi connectivity index (χ1n) is 7.18. The summed E-state index contributed by atoms with van der Waals surface area (Å²) in [6.07, 6.45) is 1.07. The van der Waals surface area contributed by atoms with Gasteiger partial charge in [-0.15, -0.1) is 0 Å². The predicted octanol–water partition coefficient (Wildman–Crippen LogP) is 3.14. The fourth-order valence-electron chi connectivity index (χ4n) is 2.39. The maximum absolute atomic E-state index is 11.1. The number of halogens is 1. The maximum atomic E-state index is 11.1. The van der Waals surface area contributed by atoms with E-state index in [0.29, 0.717) is 33.4 Å². The molecule has 8 nitrogen and oxygen atoms in total. The highest BCUT2D eigenvalue weighted by Crippen LogP contribution is 2.31. The molecule has 9 heteroatoms. The molecule has 1 aliphatic heterocycles. The van der Waals surface area contributed by atoms with Gasteiger partial charge in [0.1, 0.15) is 6.34 Å². The summed E-state index contributed by atoms with van der Waals surface area (Å²) in [5.74, 6) is 0.332. The van der Waals surface area contributed by atoms with Gasteiger partial charge in [-0.1, -0.05) is 29.8 Å². The van der Waals surface area contributed by atoms with Crippen molar-refractivity contribution in [2.45, 2.75) is 0 Å². The average molecular weight is 358 g/mol. The zero-order chi connectivity index (χ0) is 17.8. The number of nitro groups is 1. The third kappa shape index (κ3) is 3.54. The number of hydroxylamine groups is 1. The number of non-ortho nitro benzene ring substituents is 1. The van der Waals surface area contributed by atoms with Gasteiger partial charge >= 0.3 is 0 Å². The summed E-state index contributed by atoms with van der Waals surface area (Å²) in [6, 6.07) is 11.4. The number of aliphatic imine (C=N–C) groups is 3. The molecule has 0 saturated carbocycles. The first-order valence-corrected chi connectivity index (χ1v) is 7.56. The molecule has 0 atom stereocenters. The third-order valence-electron chi connectivity index (χ3n) is 3.47. The van der Waals surface area contributed by atoms with Gasteiger partial charge in [0.25, 0.3) is 5.69 Å². The number of benzene rings is 2. The Bertz CT molecular complexity index is 924. The Labute approximate surface area is 147 Å². The van der Waals surface area contributed by atoms with E-state index >= 15 is 0 Å². The molecule has 0 amide bonds. The standard InChI is InChI=1S/C16H12ClN5O3/c17-13-4-2-1-3-11(13)16-12-7-10(22(24)25)5-6-14(12)21-15(8-18-16)19-9-20-23/h1-7,9,23H,8H2,(H,19,20,21). The summed E-state index contributed by atoms with van der Waals surface area (Å²) in [4.78, 5) is 23.5. The molecule has 2 aromatic carbocycles. The Kier molecular flexibility index (Phi) is 4.82. The average Bonchev–Trinajstić information content (AvgIpc) is 2.79. The van der Waals surface area contributed by atoms with Crippen LogP contribution in [0.15, 0.2) is 57.4 Å². The van der Waals surface area contributed by atoms with Crippen LogP contribution in [0.4, 0.5) is 11.4 Å². The van der Waals surface area contributed by atoms with Gasteiger partial charge < -0.3 is 0 Å². The zero-order valence-corrected chi connectivity index (χ0v) is 13.5. The number of amidine groups is 1. The summed E-state index contributed by atoms with van der Waals surface area (Å²) < 4.78 is 0. The van der Waals surface area contributed by atoms with Crippen LogP contribution in [0, 0.1) is 10.1 Å². The Morgan fingerprint density at radius 2 is 2.08 bits per heavy atom. The molecule has 0 radical (unpaired) electrons. The Morgan fingerprint density at radius 1 is 1.28 bits per heavy atom. The van der Waals surface area contributed by atoms with Crippen molar-refractivity contribution in [3.05, 3.63) is 68.7 Å². The van der Waals surface area contributed by atoms with Gasteiger partial charge in [-0.25, -0.2) is 9.98 Å². The summed E-state index contributed by atoms with van der Waals surface area (Å²) in [7, 11) is 0. The molecule has 1 heterocycles. The number of hydrogen-bond donors (Lipinski definition) is 2. The molecular weight excluding hydrogens is 346 g/mol. The third-order valence-corrected chi connectivity index (χ3v) is 3.80. The lowest BCUT2D eigenvalue weighted by Gasteiger charge is -2.09. The highest BCUT2D eigenvalue weighted by molar-refractivity contribution is 6.36. The van der Waals surface area contributed by atoms with Crippen LogP contribution in [0.3, 0.4) is 0 Å². The Morgan fingerprint density at radius 3 is 2.80 bits per heavy atom. The van der Waals surface area contributed by atoms with E-state index in [4.69, 9.17) is 16.8 Å². The highest BCUT2D eigenvalue weighted by atomic mass is 35.5. The van der Waals surface area contributed by atoms with E-state index in [-0.39, 0.29) is 12.2 Å². The van der Waals surface area contributed by atoms with Gasteiger partial charge in [0, 0.05) is 28.3 Å². The Hall–Kier alpha value is -3.10. The number of nitrogens with one attached hydrogen (secondary N) is 1. The molecule has 0 bridgehead atoms. The summed E-state index contributed by atoms with van der Waals surface area (Å²) in [5, 5.41) is 20.3. The van der Waals surface area contributed by atoms with E-state index in [0.717, 1.165) is 6.34 Å². The minimum atomic E-state index is -0.478. The minimum absolute atomic E-state index is 0.0716. The maximum Gasteiger partial charge on any atom is 0.270 e. The molecule has 0 spiro atoms. The van der Waals surface area contributed by atoms with Crippen molar-refractivity contribution in [2.24, 2.45) is 15.0 Å². The van der Waals surface area contributed by atoms with Gasteiger partial charge in [-0.2, -0.15) is 0 Å². The van der Waals surface area contributed by atoms with Crippen LogP contribution in [0.1, 0.15) is 11.1 Å². The predicted molar refractivity (Wildman–Crippen MR) is 95.6 cm³/mol. The van der Waals surface area contributed by atoms with Crippen molar-refractivity contribution < 1.29 is 10.1 Å². The van der Waals surface area contributed by atoms with Crippen LogP contribution in [0.2, 0.25) is 5.02 Å². The number of hydrogen-bond acceptors (Lipinski definition) is 6. The molecule has 126 valence electrons. The zero-order valence-electron chi connectivity index (χ0n) is 12.8. The smallest absolute Gasteiger partial charge is 0.270 e. The Balaban J connectivity index is 2.20. The second kappa shape index (κ2) is 7.20. The normalized spacial score (nSPS) is 13.7. The van der Waals surface area contributed by atoms with Crippen molar-refractivity contribution in [1.29, 1.82) is 0 Å². The molecule has 0 aromatic heterocycles. The van der Waals surface area contributed by atoms with Crippen LogP contribution in [-0.2, 0) is 0 Å². The van der Waals surface area contributed by atoms with Gasteiger partial charge in [-0.3, -0.25) is 25.8 Å². The van der Waals surface area contributed by atoms with Crippen molar-refractivity contribution >= 4 is 40.9 Å². The molecule has 0 fully saturated rings. The molecule has 0 saturated heterocycles. The summed E-state index contributed by atoms with van der Waals surface area (Å²) in [6.45, 7) is 0.126. The molecule has 2 aromatic rings. The van der Waals surface area contributed by atoms with E-state index in [2.05, 4.69) is 15.0 Å². The molecule has 25 heavy (non-hydrogen) atoms. The van der Waals surface area contributed by atoms with Crippen LogP contribution in [0.5, 0.6) is 0 Å². The summed E-state index contributed by atoms with van der Waals surface area (Å²) in [5.41, 5.74) is 3.84. The quantitative estimate of drug-likeness (QED) is 0.380. The first-order chi connectivity index (χ1) is 12.1. The fraction of sp³-hybridized carbons (Fsp3) is 0.0625. The topological polar surface area (TPSA) is 112 Å². The van der Waals surface area contributed by atoms with E-state index < -0.39 is 4.92 Å². The lowest BCUT2D eigenvalue weighted by atomic mass is 10.00. The van der Waals surface area contributed by atoms with E-state index in [1.807, 2.05) is 0 Å². The molecule has 2 N–H and O–H groups in total. The second-order valence-corrected chi connectivity index (χ2v) is 5.43. The van der Waals surface area contributed by atoms with E-state index in [9.17, 15) is 10.1 Å². The number of nitro benzene ring substituents is 1. The highest BCUT2D eigenvalue weighted by Gasteiger charge is 2.20. The minimum Gasteiger partial charge on any atom is -0.290 e. The fourth-order valence-corrected chi connectivity index (χ4v) is 2.62. The van der Waals surface area contributed by atoms with Crippen LogP contribution in [0.25, 0.3) is 0 Å². The lowest BCUT2D eigenvalue weighted by Crippen LogP contribution is -2.08. The summed E-state index contributed by atoms with van der Waals surface area (Å²) >= 11 is 6.27. The molecular formula is C16H12ClN5O3. The van der Waals surface area contributed by atoms with Gasteiger partial charge in [-0.05, 0) is 12.1 Å². The van der Waals surface area contributed by atoms with Crippen LogP contribution in [-0.4, -0.2) is 34.6 Å². The van der Waals surface area contributed by atoms with Gasteiger partial charge in [0.2, 0.25) is 0 Å². The molecule has 3 rings (SSSR count). The van der Waals surface area contributed by atoms with Crippen LogP contribution < -0.4 is 5.48 Å². The van der Waals surface area contributed by atoms with Crippen molar-refractivity contribution in [2.75, 3.05) is 6.54 Å². The largest absolute Gasteiger partial charge is 0.290 e. The van der Waals surface area contributed by atoms with Crippen LogP contribution >= 0.6 is 11.6 Å². The van der Waals surface area contributed by atoms with E-state index in [1.54, 1.807) is 29.7 Å². The number of rotatable bonds is 3.